The molecule has 2 bridgehead atoms. The normalized spacial score (nSPS) is 26.4. The molecule has 0 spiro atoms. The number of rotatable bonds is 3. The van der Waals surface area contributed by atoms with Crippen LogP contribution in [0.3, 0.4) is 0 Å². The van der Waals surface area contributed by atoms with Gasteiger partial charge in [0.15, 0.2) is 0 Å². The van der Waals surface area contributed by atoms with Crippen molar-refractivity contribution >= 4 is 5.82 Å². The Morgan fingerprint density at radius 2 is 1.95 bits per heavy atom. The molecule has 0 N–H and O–H groups in total. The van der Waals surface area contributed by atoms with E-state index < -0.39 is 0 Å². The van der Waals surface area contributed by atoms with Crippen LogP contribution in [0.4, 0.5) is 5.82 Å². The first-order chi connectivity index (χ1) is 10.1. The number of aromatic nitrogens is 2. The van der Waals surface area contributed by atoms with Crippen molar-refractivity contribution in [1.82, 2.24) is 14.9 Å². The molecule has 2 unspecified atom stereocenters. The summed E-state index contributed by atoms with van der Waals surface area (Å²) in [6.45, 7) is 11.1. The SMILES string of the molecule is CCc1cc(N2CCC3CCC(C2)N3C(C)C)nc(C)n1. The average Bonchev–Trinajstić information content (AvgIpc) is 2.73. The van der Waals surface area contributed by atoms with E-state index in [1.54, 1.807) is 0 Å². The van der Waals surface area contributed by atoms with Gasteiger partial charge in [0.05, 0.1) is 0 Å². The van der Waals surface area contributed by atoms with Crippen LogP contribution in [-0.4, -0.2) is 46.1 Å². The second-order valence-electron chi connectivity index (χ2n) is 6.78. The van der Waals surface area contributed by atoms with Crippen molar-refractivity contribution in [1.29, 1.82) is 0 Å². The Morgan fingerprint density at radius 1 is 1.19 bits per heavy atom. The first-order valence-electron chi connectivity index (χ1n) is 8.45. The third-order valence-corrected chi connectivity index (χ3v) is 5.00. The summed E-state index contributed by atoms with van der Waals surface area (Å²) in [4.78, 5) is 14.4. The number of fused-ring (bicyclic) bond motifs is 2. The lowest BCUT2D eigenvalue weighted by molar-refractivity contribution is 0.158. The second-order valence-corrected chi connectivity index (χ2v) is 6.78. The lowest BCUT2D eigenvalue weighted by Crippen LogP contribution is -2.43. The summed E-state index contributed by atoms with van der Waals surface area (Å²) in [5, 5.41) is 0. The molecule has 2 saturated heterocycles. The number of anilines is 1. The average molecular weight is 288 g/mol. The van der Waals surface area contributed by atoms with Gasteiger partial charge in [-0.05, 0) is 46.5 Å². The third kappa shape index (κ3) is 2.91. The summed E-state index contributed by atoms with van der Waals surface area (Å²) in [5.74, 6) is 2.04. The lowest BCUT2D eigenvalue weighted by Gasteiger charge is -2.32. The molecule has 2 atom stereocenters. The molecule has 116 valence electrons. The van der Waals surface area contributed by atoms with Crippen molar-refractivity contribution in [2.45, 2.75) is 71.5 Å². The maximum Gasteiger partial charge on any atom is 0.132 e. The van der Waals surface area contributed by atoms with Crippen LogP contribution in [0.5, 0.6) is 0 Å². The minimum absolute atomic E-state index is 0.654. The van der Waals surface area contributed by atoms with Gasteiger partial charge < -0.3 is 4.90 Å². The summed E-state index contributed by atoms with van der Waals surface area (Å²) in [6.07, 6.45) is 4.96. The van der Waals surface area contributed by atoms with Crippen LogP contribution in [0, 0.1) is 6.92 Å². The van der Waals surface area contributed by atoms with E-state index in [4.69, 9.17) is 4.98 Å². The minimum Gasteiger partial charge on any atom is -0.355 e. The molecular weight excluding hydrogens is 260 g/mol. The Hall–Kier alpha value is -1.16. The molecule has 1 aromatic heterocycles. The van der Waals surface area contributed by atoms with E-state index in [0.717, 1.165) is 42.9 Å². The Kier molecular flexibility index (Phi) is 4.16. The Bertz CT molecular complexity index is 500. The van der Waals surface area contributed by atoms with E-state index in [1.807, 2.05) is 6.92 Å². The zero-order chi connectivity index (χ0) is 15.0. The maximum atomic E-state index is 4.70. The van der Waals surface area contributed by atoms with Crippen LogP contribution < -0.4 is 4.90 Å². The summed E-state index contributed by atoms with van der Waals surface area (Å²) in [6, 6.07) is 4.30. The molecule has 4 heteroatoms. The molecule has 3 heterocycles. The van der Waals surface area contributed by atoms with E-state index in [1.165, 1.54) is 19.3 Å². The first kappa shape index (κ1) is 14.8. The fourth-order valence-electron chi connectivity index (χ4n) is 4.12. The fraction of sp³-hybridized carbons (Fsp3) is 0.765. The highest BCUT2D eigenvalue weighted by Gasteiger charge is 2.38. The van der Waals surface area contributed by atoms with Gasteiger partial charge in [-0.1, -0.05) is 6.92 Å². The minimum atomic E-state index is 0.654. The van der Waals surface area contributed by atoms with E-state index in [-0.39, 0.29) is 0 Å². The number of aryl methyl sites for hydroxylation is 2. The van der Waals surface area contributed by atoms with Crippen molar-refractivity contribution < 1.29 is 0 Å². The Morgan fingerprint density at radius 3 is 2.67 bits per heavy atom. The zero-order valence-corrected chi connectivity index (χ0v) is 13.8. The third-order valence-electron chi connectivity index (χ3n) is 5.00. The lowest BCUT2D eigenvalue weighted by atomic mass is 10.1. The smallest absolute Gasteiger partial charge is 0.132 e. The van der Waals surface area contributed by atoms with Crippen LogP contribution in [-0.2, 0) is 6.42 Å². The van der Waals surface area contributed by atoms with Crippen LogP contribution in [0.1, 0.15) is 51.6 Å². The molecule has 0 saturated carbocycles. The van der Waals surface area contributed by atoms with Gasteiger partial charge in [0.25, 0.3) is 0 Å². The molecule has 1 aromatic rings. The van der Waals surface area contributed by atoms with Gasteiger partial charge in [0.2, 0.25) is 0 Å². The van der Waals surface area contributed by atoms with Crippen molar-refractivity contribution in [2.24, 2.45) is 0 Å². The van der Waals surface area contributed by atoms with Crippen LogP contribution in [0.15, 0.2) is 6.07 Å². The molecule has 2 aliphatic heterocycles. The molecule has 0 aliphatic carbocycles. The fourth-order valence-corrected chi connectivity index (χ4v) is 4.12. The number of hydrogen-bond acceptors (Lipinski definition) is 4. The topological polar surface area (TPSA) is 32.3 Å². The molecule has 0 amide bonds. The quantitative estimate of drug-likeness (QED) is 0.856. The van der Waals surface area contributed by atoms with E-state index in [9.17, 15) is 0 Å². The van der Waals surface area contributed by atoms with Gasteiger partial charge in [-0.25, -0.2) is 9.97 Å². The van der Waals surface area contributed by atoms with Crippen LogP contribution in [0.25, 0.3) is 0 Å². The predicted octanol–water partition coefficient (Wildman–Crippen LogP) is 2.80. The summed E-state index contributed by atoms with van der Waals surface area (Å²) in [5.41, 5.74) is 1.16. The maximum absolute atomic E-state index is 4.70. The summed E-state index contributed by atoms with van der Waals surface area (Å²) in [7, 11) is 0. The van der Waals surface area contributed by atoms with Crippen molar-refractivity contribution in [3.8, 4) is 0 Å². The molecule has 2 fully saturated rings. The molecule has 21 heavy (non-hydrogen) atoms. The van der Waals surface area contributed by atoms with Gasteiger partial charge in [-0.3, -0.25) is 4.90 Å². The monoisotopic (exact) mass is 288 g/mol. The largest absolute Gasteiger partial charge is 0.355 e. The number of nitrogens with zero attached hydrogens (tertiary/aromatic N) is 4. The highest BCUT2D eigenvalue weighted by molar-refractivity contribution is 5.41. The van der Waals surface area contributed by atoms with Gasteiger partial charge in [-0.2, -0.15) is 0 Å². The van der Waals surface area contributed by atoms with Gasteiger partial charge in [-0.15, -0.1) is 0 Å². The van der Waals surface area contributed by atoms with Gasteiger partial charge in [0.1, 0.15) is 11.6 Å². The molecule has 4 nitrogen and oxygen atoms in total. The van der Waals surface area contributed by atoms with Crippen LogP contribution >= 0.6 is 0 Å². The second kappa shape index (κ2) is 5.91. The summed E-state index contributed by atoms with van der Waals surface area (Å²) >= 11 is 0. The van der Waals surface area contributed by atoms with E-state index >= 15 is 0 Å². The highest BCUT2D eigenvalue weighted by atomic mass is 15.3. The highest BCUT2D eigenvalue weighted by Crippen LogP contribution is 2.33. The molecule has 3 rings (SSSR count). The molecule has 2 aliphatic rings. The van der Waals surface area contributed by atoms with Crippen LogP contribution in [0.2, 0.25) is 0 Å². The predicted molar refractivity (Wildman–Crippen MR) is 86.8 cm³/mol. The molecule has 0 aromatic carbocycles. The first-order valence-corrected chi connectivity index (χ1v) is 8.45. The summed E-state index contributed by atoms with van der Waals surface area (Å²) < 4.78 is 0. The standard InChI is InChI=1S/C17H28N4/c1-5-14-10-17(19-13(4)18-14)20-9-8-15-6-7-16(11-20)21(15)12(2)3/h10,12,15-16H,5-9,11H2,1-4H3. The number of hydrogen-bond donors (Lipinski definition) is 0. The van der Waals surface area contributed by atoms with E-state index in [0.29, 0.717) is 12.1 Å². The Labute approximate surface area is 128 Å². The van der Waals surface area contributed by atoms with Crippen molar-refractivity contribution in [2.75, 3.05) is 18.0 Å². The van der Waals surface area contributed by atoms with Crippen molar-refractivity contribution in [3.63, 3.8) is 0 Å². The van der Waals surface area contributed by atoms with E-state index in [2.05, 4.69) is 41.6 Å². The molecule has 0 radical (unpaired) electrons. The van der Waals surface area contributed by atoms with Gasteiger partial charge in [0, 0.05) is 43.0 Å². The zero-order valence-electron chi connectivity index (χ0n) is 13.8. The molecular formula is C17H28N4. The van der Waals surface area contributed by atoms with Gasteiger partial charge >= 0.3 is 0 Å². The van der Waals surface area contributed by atoms with Crippen molar-refractivity contribution in [3.05, 3.63) is 17.6 Å². The Balaban J connectivity index is 1.83.